The van der Waals surface area contributed by atoms with E-state index in [1.54, 1.807) is 23.5 Å². The summed E-state index contributed by atoms with van der Waals surface area (Å²) in [6.07, 6.45) is 4.69. The first-order valence-corrected chi connectivity index (χ1v) is 7.22. The number of anilines is 1. The topological polar surface area (TPSA) is 32.3 Å². The molecule has 3 rings (SSSR count). The van der Waals surface area contributed by atoms with Crippen LogP contribution in [0.5, 0.6) is 0 Å². The van der Waals surface area contributed by atoms with Gasteiger partial charge in [-0.2, -0.15) is 0 Å². The Kier molecular flexibility index (Phi) is 4.61. The summed E-state index contributed by atoms with van der Waals surface area (Å²) in [5.41, 5.74) is -0.806. The number of rotatable bonds is 3. The van der Waals surface area contributed by atoms with E-state index >= 15 is 0 Å². The maximum absolute atomic E-state index is 13.7. The first-order valence-electron chi connectivity index (χ1n) is 7.22. The van der Waals surface area contributed by atoms with Crippen molar-refractivity contribution in [3.05, 3.63) is 53.2 Å². The van der Waals surface area contributed by atoms with Gasteiger partial charge in [0.05, 0.1) is 6.20 Å². The summed E-state index contributed by atoms with van der Waals surface area (Å²) in [4.78, 5) is 11.7. The van der Waals surface area contributed by atoms with Crippen molar-refractivity contribution in [2.24, 2.45) is 0 Å². The molecular weight excluding hydrogens is 331 g/mol. The van der Waals surface area contributed by atoms with Crippen LogP contribution in [0.3, 0.4) is 0 Å². The zero-order valence-corrected chi connectivity index (χ0v) is 12.4. The molecule has 1 aliphatic rings. The van der Waals surface area contributed by atoms with Crippen LogP contribution in [0.4, 0.5) is 27.8 Å². The van der Waals surface area contributed by atoms with Crippen LogP contribution in [0.25, 0.3) is 0 Å². The molecule has 2 heterocycles. The molecule has 0 amide bonds. The summed E-state index contributed by atoms with van der Waals surface area (Å²) in [6.45, 7) is 1.47. The fourth-order valence-electron chi connectivity index (χ4n) is 2.60. The van der Waals surface area contributed by atoms with Crippen molar-refractivity contribution in [3.63, 3.8) is 0 Å². The molecule has 24 heavy (non-hydrogen) atoms. The van der Waals surface area contributed by atoms with Crippen LogP contribution in [-0.2, 0) is 6.54 Å². The smallest absolute Gasteiger partial charge is 0.200 e. The molecule has 0 atom stereocenters. The van der Waals surface area contributed by atoms with Gasteiger partial charge in [0.15, 0.2) is 23.3 Å². The van der Waals surface area contributed by atoms with Crippen LogP contribution in [0, 0.1) is 29.1 Å². The fraction of sp³-hybridized carbons (Fsp3) is 0.333. The molecule has 0 bridgehead atoms. The standard InChI is InChI=1S/C15H13F5N4/c16-11-9(12(17)14(19)15(20)13(11)18)8-23-3-5-24(6-4-23)10-7-21-1-2-22-10/h1-2,7H,3-6,8H2. The first kappa shape index (κ1) is 16.6. The van der Waals surface area contributed by atoms with Gasteiger partial charge < -0.3 is 4.90 Å². The highest BCUT2D eigenvalue weighted by Crippen LogP contribution is 2.24. The summed E-state index contributed by atoms with van der Waals surface area (Å²) in [7, 11) is 0. The molecule has 0 radical (unpaired) electrons. The van der Waals surface area contributed by atoms with E-state index in [1.807, 2.05) is 4.90 Å². The summed E-state index contributed by atoms with van der Waals surface area (Å²) in [6, 6.07) is 0. The predicted octanol–water partition coefficient (Wildman–Crippen LogP) is 2.49. The molecule has 1 fully saturated rings. The second-order valence-corrected chi connectivity index (χ2v) is 5.38. The summed E-state index contributed by atoms with van der Waals surface area (Å²) < 4.78 is 67.0. The molecule has 1 aromatic carbocycles. The highest BCUT2D eigenvalue weighted by Gasteiger charge is 2.28. The van der Waals surface area contributed by atoms with Crippen LogP contribution in [0.2, 0.25) is 0 Å². The Labute approximate surface area is 134 Å². The Hall–Kier alpha value is -2.29. The van der Waals surface area contributed by atoms with Crippen LogP contribution in [0.15, 0.2) is 18.6 Å². The number of benzene rings is 1. The molecule has 4 nitrogen and oxygen atoms in total. The maximum Gasteiger partial charge on any atom is 0.200 e. The highest BCUT2D eigenvalue weighted by atomic mass is 19.2. The van der Waals surface area contributed by atoms with Crippen molar-refractivity contribution in [2.45, 2.75) is 6.54 Å². The van der Waals surface area contributed by atoms with Gasteiger partial charge in [0.1, 0.15) is 5.82 Å². The number of nitrogens with zero attached hydrogens (tertiary/aromatic N) is 4. The average Bonchev–Trinajstić information content (AvgIpc) is 2.63. The lowest BCUT2D eigenvalue weighted by Gasteiger charge is -2.35. The van der Waals surface area contributed by atoms with Crippen molar-refractivity contribution >= 4 is 5.82 Å². The number of piperazine rings is 1. The van der Waals surface area contributed by atoms with Crippen molar-refractivity contribution in [1.29, 1.82) is 0 Å². The molecular formula is C15H13F5N4. The zero-order valence-electron chi connectivity index (χ0n) is 12.4. The molecule has 9 heteroatoms. The van der Waals surface area contributed by atoms with Gasteiger partial charge in [0.2, 0.25) is 5.82 Å². The van der Waals surface area contributed by atoms with Gasteiger partial charge in [0.25, 0.3) is 0 Å². The van der Waals surface area contributed by atoms with Gasteiger partial charge in [-0.25, -0.2) is 26.9 Å². The largest absolute Gasteiger partial charge is 0.353 e. The van der Waals surface area contributed by atoms with Gasteiger partial charge in [-0.1, -0.05) is 0 Å². The summed E-state index contributed by atoms with van der Waals surface area (Å²) in [5.74, 6) is -8.84. The molecule has 1 aromatic heterocycles. The Morgan fingerprint density at radius 1 is 0.792 bits per heavy atom. The number of aromatic nitrogens is 2. The van der Waals surface area contributed by atoms with Gasteiger partial charge >= 0.3 is 0 Å². The van der Waals surface area contributed by atoms with E-state index in [4.69, 9.17) is 0 Å². The van der Waals surface area contributed by atoms with E-state index in [0.717, 1.165) is 0 Å². The van der Waals surface area contributed by atoms with Crippen molar-refractivity contribution in [2.75, 3.05) is 31.1 Å². The third-order valence-corrected chi connectivity index (χ3v) is 3.93. The third-order valence-electron chi connectivity index (χ3n) is 3.93. The molecule has 1 aliphatic heterocycles. The molecule has 128 valence electrons. The molecule has 0 aliphatic carbocycles. The zero-order chi connectivity index (χ0) is 17.3. The second kappa shape index (κ2) is 6.68. The fourth-order valence-corrected chi connectivity index (χ4v) is 2.60. The van der Waals surface area contributed by atoms with Gasteiger partial charge in [0, 0.05) is 50.7 Å². The summed E-state index contributed by atoms with van der Waals surface area (Å²) in [5, 5.41) is 0. The van der Waals surface area contributed by atoms with Gasteiger partial charge in [-0.15, -0.1) is 0 Å². The van der Waals surface area contributed by atoms with Crippen molar-refractivity contribution < 1.29 is 22.0 Å². The molecule has 2 aromatic rings. The monoisotopic (exact) mass is 344 g/mol. The van der Waals surface area contributed by atoms with Gasteiger partial charge in [-0.3, -0.25) is 9.88 Å². The number of hydrogen-bond acceptors (Lipinski definition) is 4. The minimum atomic E-state index is -2.14. The molecule has 1 saturated heterocycles. The SMILES string of the molecule is Fc1c(F)c(F)c(CN2CCN(c3cnccn3)CC2)c(F)c1F. The van der Waals surface area contributed by atoms with Crippen LogP contribution in [-0.4, -0.2) is 41.0 Å². The van der Waals surface area contributed by atoms with Crippen molar-refractivity contribution in [1.82, 2.24) is 14.9 Å². The second-order valence-electron chi connectivity index (χ2n) is 5.38. The minimum absolute atomic E-state index is 0.347. The summed E-state index contributed by atoms with van der Waals surface area (Å²) >= 11 is 0. The lowest BCUT2D eigenvalue weighted by atomic mass is 10.1. The highest BCUT2D eigenvalue weighted by molar-refractivity contribution is 5.35. The van der Waals surface area contributed by atoms with E-state index in [1.165, 1.54) is 0 Å². The van der Waals surface area contributed by atoms with E-state index in [0.29, 0.717) is 32.0 Å². The minimum Gasteiger partial charge on any atom is -0.353 e. The number of hydrogen-bond donors (Lipinski definition) is 0. The Morgan fingerprint density at radius 2 is 1.38 bits per heavy atom. The quantitative estimate of drug-likeness (QED) is 0.487. The van der Waals surface area contributed by atoms with E-state index in [2.05, 4.69) is 9.97 Å². The van der Waals surface area contributed by atoms with Crippen LogP contribution >= 0.6 is 0 Å². The van der Waals surface area contributed by atoms with Gasteiger partial charge in [-0.05, 0) is 0 Å². The Bertz CT molecular complexity index is 703. The third kappa shape index (κ3) is 3.03. The first-order chi connectivity index (χ1) is 11.5. The van der Waals surface area contributed by atoms with Crippen molar-refractivity contribution in [3.8, 4) is 0 Å². The molecule has 0 saturated carbocycles. The van der Waals surface area contributed by atoms with Crippen LogP contribution < -0.4 is 4.90 Å². The normalized spacial score (nSPS) is 15.8. The molecule has 0 unspecified atom stereocenters. The molecule has 0 spiro atoms. The van der Waals surface area contributed by atoms with Crippen LogP contribution in [0.1, 0.15) is 5.56 Å². The van der Waals surface area contributed by atoms with E-state index in [9.17, 15) is 22.0 Å². The predicted molar refractivity (Wildman–Crippen MR) is 75.8 cm³/mol. The Morgan fingerprint density at radius 3 is 1.92 bits per heavy atom. The number of halogens is 5. The lowest BCUT2D eigenvalue weighted by molar-refractivity contribution is 0.237. The van der Waals surface area contributed by atoms with E-state index < -0.39 is 34.6 Å². The average molecular weight is 344 g/mol. The lowest BCUT2D eigenvalue weighted by Crippen LogP contribution is -2.46. The molecule has 0 N–H and O–H groups in total. The Balaban J connectivity index is 1.71. The maximum atomic E-state index is 13.7. The van der Waals surface area contributed by atoms with E-state index in [-0.39, 0.29) is 6.54 Å².